The van der Waals surface area contributed by atoms with E-state index in [9.17, 15) is 31.1 Å². The number of nitrogens with zero attached hydrogens (tertiary/aromatic N) is 2. The maximum atomic E-state index is 13.7. The molecule has 1 aliphatic rings. The van der Waals surface area contributed by atoms with Gasteiger partial charge < -0.3 is 9.84 Å². The molecule has 0 aliphatic carbocycles. The molecule has 3 rings (SSSR count). The van der Waals surface area contributed by atoms with Crippen molar-refractivity contribution in [1.82, 2.24) is 4.31 Å². The molecule has 2 aromatic rings. The minimum atomic E-state index is -5.08. The minimum Gasteiger partial charge on any atom is -0.457 e. The number of ether oxygens (including phenoxy) is 1. The van der Waals surface area contributed by atoms with Crippen molar-refractivity contribution in [1.29, 1.82) is 5.26 Å². The number of halogens is 4. The van der Waals surface area contributed by atoms with E-state index in [4.69, 9.17) is 10.00 Å². The highest BCUT2D eigenvalue weighted by molar-refractivity contribution is 7.89. The summed E-state index contributed by atoms with van der Waals surface area (Å²) in [6, 6.07) is 5.93. The lowest BCUT2D eigenvalue weighted by Gasteiger charge is -2.19. The molecule has 2 aromatic carbocycles. The van der Waals surface area contributed by atoms with Crippen molar-refractivity contribution < 1.29 is 35.8 Å². The average Bonchev–Trinajstić information content (AvgIpc) is 2.74. The van der Waals surface area contributed by atoms with E-state index in [1.165, 1.54) is 0 Å². The molecule has 27 heavy (non-hydrogen) atoms. The summed E-state index contributed by atoms with van der Waals surface area (Å²) in [4.78, 5) is -0.700. The molecule has 0 amide bonds. The molecule has 0 bridgehead atoms. The van der Waals surface area contributed by atoms with Crippen LogP contribution in [0.2, 0.25) is 0 Å². The quantitative estimate of drug-likeness (QED) is 0.780. The Morgan fingerprint density at radius 2 is 1.93 bits per heavy atom. The van der Waals surface area contributed by atoms with E-state index in [2.05, 4.69) is 0 Å². The third kappa shape index (κ3) is 3.12. The van der Waals surface area contributed by atoms with E-state index in [1.54, 1.807) is 6.07 Å². The van der Waals surface area contributed by atoms with Crippen LogP contribution < -0.4 is 4.74 Å². The first-order valence-corrected chi connectivity index (χ1v) is 8.69. The van der Waals surface area contributed by atoms with Crippen LogP contribution in [0.15, 0.2) is 35.2 Å². The maximum Gasteiger partial charge on any atom is 0.420 e. The third-order valence-corrected chi connectivity index (χ3v) is 5.81. The highest BCUT2D eigenvalue weighted by Gasteiger charge is 2.48. The molecular weight excluding hydrogens is 392 g/mol. The van der Waals surface area contributed by atoms with Crippen molar-refractivity contribution >= 4 is 10.0 Å². The highest BCUT2D eigenvalue weighted by Crippen LogP contribution is 2.49. The number of nitriles is 1. The van der Waals surface area contributed by atoms with Crippen molar-refractivity contribution in [2.75, 3.05) is 7.05 Å². The van der Waals surface area contributed by atoms with E-state index < -0.39 is 50.0 Å². The summed E-state index contributed by atoms with van der Waals surface area (Å²) >= 11 is 0. The number of hydrogen-bond donors (Lipinski definition) is 1. The summed E-state index contributed by atoms with van der Waals surface area (Å²) in [5.74, 6) is -2.12. The van der Waals surface area contributed by atoms with Gasteiger partial charge in [0, 0.05) is 18.7 Å². The second kappa shape index (κ2) is 6.19. The Morgan fingerprint density at radius 3 is 2.52 bits per heavy atom. The summed E-state index contributed by atoms with van der Waals surface area (Å²) in [6.45, 7) is 0. The molecule has 1 unspecified atom stereocenters. The van der Waals surface area contributed by atoms with Gasteiger partial charge in [0.15, 0.2) is 0 Å². The molecule has 6 nitrogen and oxygen atoms in total. The predicted octanol–water partition coefficient (Wildman–Crippen LogP) is 3.13. The fraction of sp³-hybridized carbons (Fsp3) is 0.188. The van der Waals surface area contributed by atoms with Gasteiger partial charge in [-0.2, -0.15) is 22.7 Å². The van der Waals surface area contributed by atoms with Crippen LogP contribution in [0.5, 0.6) is 11.5 Å². The van der Waals surface area contributed by atoms with E-state index in [1.807, 2.05) is 0 Å². The standard InChI is InChI=1S/C16H10F4N2O4S/c1-22-15(23)13-12(27(22,24)25)3-2-11(14(13)16(18,19)20)26-10-5-8(7-21)4-9(17)6-10/h2-6,15,23H,1H3. The van der Waals surface area contributed by atoms with Crippen LogP contribution in [-0.4, -0.2) is 24.9 Å². The van der Waals surface area contributed by atoms with Crippen LogP contribution in [0.4, 0.5) is 17.6 Å². The van der Waals surface area contributed by atoms with Gasteiger partial charge in [0.2, 0.25) is 10.0 Å². The van der Waals surface area contributed by atoms with Crippen LogP contribution in [-0.2, 0) is 16.2 Å². The number of fused-ring (bicyclic) bond motifs is 1. The van der Waals surface area contributed by atoms with Crippen molar-refractivity contribution in [3.63, 3.8) is 0 Å². The Morgan fingerprint density at radius 1 is 1.26 bits per heavy atom. The maximum absolute atomic E-state index is 13.7. The molecule has 1 heterocycles. The molecule has 11 heteroatoms. The van der Waals surface area contributed by atoms with Crippen LogP contribution in [0.1, 0.15) is 22.9 Å². The summed E-state index contributed by atoms with van der Waals surface area (Å²) < 4.78 is 84.2. The lowest BCUT2D eigenvalue weighted by Crippen LogP contribution is -2.23. The molecule has 0 saturated carbocycles. The van der Waals surface area contributed by atoms with Gasteiger partial charge in [-0.15, -0.1) is 0 Å². The lowest BCUT2D eigenvalue weighted by molar-refractivity contribution is -0.140. The smallest absolute Gasteiger partial charge is 0.420 e. The molecule has 1 N–H and O–H groups in total. The number of benzene rings is 2. The van der Waals surface area contributed by atoms with E-state index in [0.29, 0.717) is 4.31 Å². The van der Waals surface area contributed by atoms with E-state index in [0.717, 1.165) is 37.4 Å². The molecule has 0 radical (unpaired) electrons. The third-order valence-electron chi connectivity index (χ3n) is 3.94. The van der Waals surface area contributed by atoms with Crippen LogP contribution in [0, 0.1) is 17.1 Å². The number of alkyl halides is 3. The van der Waals surface area contributed by atoms with Gasteiger partial charge in [-0.1, -0.05) is 0 Å². The number of aliphatic hydroxyl groups excluding tert-OH is 1. The van der Waals surface area contributed by atoms with Gasteiger partial charge in [-0.05, 0) is 24.3 Å². The summed E-state index contributed by atoms with van der Waals surface area (Å²) in [5, 5.41) is 18.9. The zero-order chi connectivity index (χ0) is 20.1. The van der Waals surface area contributed by atoms with Crippen LogP contribution in [0.25, 0.3) is 0 Å². The second-order valence-corrected chi connectivity index (χ2v) is 7.60. The zero-order valence-electron chi connectivity index (χ0n) is 13.5. The molecule has 142 valence electrons. The topological polar surface area (TPSA) is 90.6 Å². The normalized spacial score (nSPS) is 18.8. The highest BCUT2D eigenvalue weighted by atomic mass is 32.2. The molecule has 0 fully saturated rings. The zero-order valence-corrected chi connectivity index (χ0v) is 14.3. The Kier molecular flexibility index (Phi) is 4.38. The van der Waals surface area contributed by atoms with Gasteiger partial charge in [0.05, 0.1) is 16.5 Å². The second-order valence-electron chi connectivity index (χ2n) is 5.63. The largest absolute Gasteiger partial charge is 0.457 e. The van der Waals surface area contributed by atoms with Gasteiger partial charge >= 0.3 is 6.18 Å². The van der Waals surface area contributed by atoms with Crippen molar-refractivity contribution in [3.05, 3.63) is 52.8 Å². The van der Waals surface area contributed by atoms with Crippen molar-refractivity contribution in [3.8, 4) is 17.6 Å². The van der Waals surface area contributed by atoms with E-state index >= 15 is 0 Å². The molecular formula is C16H10F4N2O4S. The fourth-order valence-corrected chi connectivity index (χ4v) is 4.12. The van der Waals surface area contributed by atoms with Gasteiger partial charge in [-0.3, -0.25) is 0 Å². The Hall–Kier alpha value is -2.68. The van der Waals surface area contributed by atoms with Gasteiger partial charge in [0.25, 0.3) is 0 Å². The number of sulfonamides is 1. The summed E-state index contributed by atoms with van der Waals surface area (Å²) in [6.07, 6.45) is -7.14. The van der Waals surface area contributed by atoms with Crippen LogP contribution >= 0.6 is 0 Å². The first-order valence-electron chi connectivity index (χ1n) is 7.25. The first-order chi connectivity index (χ1) is 12.5. The molecule has 1 aliphatic heterocycles. The van der Waals surface area contributed by atoms with Gasteiger partial charge in [0.1, 0.15) is 29.1 Å². The van der Waals surface area contributed by atoms with Crippen LogP contribution in [0.3, 0.4) is 0 Å². The Balaban J connectivity index is 2.22. The first kappa shape index (κ1) is 19.1. The lowest BCUT2D eigenvalue weighted by atomic mass is 10.0. The fourth-order valence-electron chi connectivity index (χ4n) is 2.72. The van der Waals surface area contributed by atoms with E-state index in [-0.39, 0.29) is 11.3 Å². The summed E-state index contributed by atoms with van der Waals surface area (Å²) in [5.41, 5.74) is -2.55. The monoisotopic (exact) mass is 402 g/mol. The molecule has 0 aromatic heterocycles. The predicted molar refractivity (Wildman–Crippen MR) is 82.5 cm³/mol. The number of rotatable bonds is 2. The number of aliphatic hydroxyl groups is 1. The Bertz CT molecular complexity index is 1080. The number of hydrogen-bond acceptors (Lipinski definition) is 5. The Labute approximate surface area is 150 Å². The molecule has 0 saturated heterocycles. The average molecular weight is 402 g/mol. The molecule has 0 spiro atoms. The SMILES string of the molecule is CN1C(O)c2c(ccc(Oc3cc(F)cc(C#N)c3)c2C(F)(F)F)S1(=O)=O. The molecule has 1 atom stereocenters. The van der Waals surface area contributed by atoms with Crippen molar-refractivity contribution in [2.45, 2.75) is 17.3 Å². The minimum absolute atomic E-state index is 0.179. The van der Waals surface area contributed by atoms with Gasteiger partial charge in [-0.25, -0.2) is 12.8 Å². The summed E-state index contributed by atoms with van der Waals surface area (Å²) in [7, 11) is -3.36. The van der Waals surface area contributed by atoms with Crippen molar-refractivity contribution in [2.24, 2.45) is 0 Å².